The molecule has 1 aromatic heterocycles. The number of nitriles is 1. The normalized spacial score (nSPS) is 10.2. The maximum atomic E-state index is 13.7. The van der Waals surface area contributed by atoms with Gasteiger partial charge in [-0.15, -0.1) is 0 Å². The number of benzene rings is 2. The molecule has 26 heavy (non-hydrogen) atoms. The molecule has 130 valence electrons. The highest BCUT2D eigenvalue weighted by Gasteiger charge is 2.13. The zero-order chi connectivity index (χ0) is 18.5. The lowest BCUT2D eigenvalue weighted by molar-refractivity contribution is 0.299. The van der Waals surface area contributed by atoms with Gasteiger partial charge in [0.05, 0.1) is 11.9 Å². The summed E-state index contributed by atoms with van der Waals surface area (Å²) in [4.78, 5) is 7.76. The summed E-state index contributed by atoms with van der Waals surface area (Å²) in [7, 11) is 0. The van der Waals surface area contributed by atoms with Crippen LogP contribution in [0, 0.1) is 17.1 Å². The number of nitrogens with zero attached hydrogens (tertiary/aromatic N) is 3. The Kier molecular flexibility index (Phi) is 5.52. The molecule has 1 N–H and O–H groups in total. The molecular formula is C18H11Cl2FN4O. The fourth-order valence-electron chi connectivity index (χ4n) is 2.20. The Bertz CT molecular complexity index is 991. The van der Waals surface area contributed by atoms with Crippen LogP contribution in [0.15, 0.2) is 48.7 Å². The van der Waals surface area contributed by atoms with Crippen molar-refractivity contribution >= 4 is 34.7 Å². The molecule has 0 aliphatic heterocycles. The van der Waals surface area contributed by atoms with Gasteiger partial charge in [-0.1, -0.05) is 35.9 Å². The van der Waals surface area contributed by atoms with Gasteiger partial charge in [0.2, 0.25) is 5.28 Å². The Morgan fingerprint density at radius 1 is 1.15 bits per heavy atom. The van der Waals surface area contributed by atoms with E-state index in [0.717, 1.165) is 0 Å². The topological polar surface area (TPSA) is 70.8 Å². The lowest BCUT2D eigenvalue weighted by Crippen LogP contribution is -2.03. The Labute approximate surface area is 159 Å². The van der Waals surface area contributed by atoms with E-state index in [2.05, 4.69) is 21.4 Å². The molecule has 8 heteroatoms. The molecule has 0 atom stereocenters. The van der Waals surface area contributed by atoms with Gasteiger partial charge >= 0.3 is 0 Å². The van der Waals surface area contributed by atoms with Crippen molar-refractivity contribution in [2.24, 2.45) is 0 Å². The predicted octanol–water partition coefficient (Wildman–Crippen LogP) is 5.12. The lowest BCUT2D eigenvalue weighted by atomic mass is 10.1. The third kappa shape index (κ3) is 4.02. The molecule has 1 heterocycles. The van der Waals surface area contributed by atoms with E-state index in [4.69, 9.17) is 27.9 Å². The molecule has 0 aliphatic carbocycles. The SMILES string of the molecule is N#Cc1c(Nc2nc(Cl)ncc2Cl)cccc1OCc1ccccc1F. The fourth-order valence-corrected chi connectivity index (χ4v) is 2.47. The van der Waals surface area contributed by atoms with Gasteiger partial charge in [-0.05, 0) is 29.8 Å². The number of hydrogen-bond donors (Lipinski definition) is 1. The summed E-state index contributed by atoms with van der Waals surface area (Å²) in [6.45, 7) is -0.00903. The molecule has 0 amide bonds. The van der Waals surface area contributed by atoms with Crippen molar-refractivity contribution in [3.8, 4) is 11.8 Å². The zero-order valence-electron chi connectivity index (χ0n) is 13.2. The van der Waals surface area contributed by atoms with Crippen molar-refractivity contribution in [3.63, 3.8) is 0 Å². The van der Waals surface area contributed by atoms with Gasteiger partial charge in [-0.25, -0.2) is 9.37 Å². The third-order valence-corrected chi connectivity index (χ3v) is 3.91. The maximum absolute atomic E-state index is 13.7. The number of nitrogens with one attached hydrogen (secondary N) is 1. The highest BCUT2D eigenvalue weighted by molar-refractivity contribution is 6.33. The van der Waals surface area contributed by atoms with Crippen molar-refractivity contribution in [2.75, 3.05) is 5.32 Å². The molecule has 2 aromatic carbocycles. The standard InChI is InChI=1S/C18H11Cl2FN4O/c19-13-9-23-18(20)25-17(13)24-15-6-3-7-16(12(15)8-22)26-10-11-4-1-2-5-14(11)21/h1-7,9H,10H2,(H,23,24,25). The second kappa shape index (κ2) is 8.00. The molecule has 5 nitrogen and oxygen atoms in total. The minimum Gasteiger partial charge on any atom is -0.487 e. The maximum Gasteiger partial charge on any atom is 0.224 e. The molecule has 0 unspecified atom stereocenters. The van der Waals surface area contributed by atoms with E-state index in [0.29, 0.717) is 17.0 Å². The van der Waals surface area contributed by atoms with Crippen molar-refractivity contribution < 1.29 is 9.13 Å². The van der Waals surface area contributed by atoms with Crippen LogP contribution in [0.25, 0.3) is 0 Å². The number of ether oxygens (including phenoxy) is 1. The van der Waals surface area contributed by atoms with Crippen LogP contribution in [0.3, 0.4) is 0 Å². The number of anilines is 2. The molecular weight excluding hydrogens is 378 g/mol. The Morgan fingerprint density at radius 3 is 2.73 bits per heavy atom. The highest BCUT2D eigenvalue weighted by Crippen LogP contribution is 2.31. The van der Waals surface area contributed by atoms with Crippen LogP contribution < -0.4 is 10.1 Å². The molecule has 0 spiro atoms. The van der Waals surface area contributed by atoms with E-state index in [-0.39, 0.29) is 34.1 Å². The van der Waals surface area contributed by atoms with Gasteiger partial charge < -0.3 is 10.1 Å². The van der Waals surface area contributed by atoms with Gasteiger partial charge in [0.25, 0.3) is 0 Å². The number of halogens is 3. The highest BCUT2D eigenvalue weighted by atomic mass is 35.5. The van der Waals surface area contributed by atoms with Crippen molar-refractivity contribution in [2.45, 2.75) is 6.61 Å². The van der Waals surface area contributed by atoms with Crippen molar-refractivity contribution in [3.05, 3.63) is 75.9 Å². The number of hydrogen-bond acceptors (Lipinski definition) is 5. The summed E-state index contributed by atoms with van der Waals surface area (Å²) in [5, 5.41) is 12.7. The van der Waals surface area contributed by atoms with Crippen molar-refractivity contribution in [1.82, 2.24) is 9.97 Å². The predicted molar refractivity (Wildman–Crippen MR) is 97.2 cm³/mol. The second-order valence-electron chi connectivity index (χ2n) is 5.13. The molecule has 0 saturated heterocycles. The molecule has 3 aromatic rings. The quantitative estimate of drug-likeness (QED) is 0.614. The van der Waals surface area contributed by atoms with Crippen LogP contribution in [0.5, 0.6) is 5.75 Å². The second-order valence-corrected chi connectivity index (χ2v) is 5.88. The molecule has 3 rings (SSSR count). The van der Waals surface area contributed by atoms with Crippen LogP contribution >= 0.6 is 23.2 Å². The van der Waals surface area contributed by atoms with E-state index in [9.17, 15) is 9.65 Å². The van der Waals surface area contributed by atoms with Gasteiger partial charge in [0, 0.05) is 5.56 Å². The van der Waals surface area contributed by atoms with Crippen LogP contribution in [0.4, 0.5) is 15.9 Å². The minimum atomic E-state index is -0.373. The van der Waals surface area contributed by atoms with Gasteiger partial charge in [-0.3, -0.25) is 0 Å². The minimum absolute atomic E-state index is 0.00903. The third-order valence-electron chi connectivity index (χ3n) is 3.45. The molecule has 0 radical (unpaired) electrons. The average Bonchev–Trinajstić information content (AvgIpc) is 2.64. The Balaban J connectivity index is 1.87. The van der Waals surface area contributed by atoms with Crippen LogP contribution in [0.1, 0.15) is 11.1 Å². The van der Waals surface area contributed by atoms with Gasteiger partial charge in [-0.2, -0.15) is 10.2 Å². The first-order chi connectivity index (χ1) is 12.6. The summed E-state index contributed by atoms with van der Waals surface area (Å²) < 4.78 is 19.4. The number of aromatic nitrogens is 2. The average molecular weight is 389 g/mol. The van der Waals surface area contributed by atoms with Crippen LogP contribution in [-0.4, -0.2) is 9.97 Å². The van der Waals surface area contributed by atoms with E-state index in [1.165, 1.54) is 12.3 Å². The summed E-state index contributed by atoms with van der Waals surface area (Å²) in [6.07, 6.45) is 1.35. The summed E-state index contributed by atoms with van der Waals surface area (Å²) in [6, 6.07) is 13.3. The summed E-state index contributed by atoms with van der Waals surface area (Å²) in [5.74, 6) is 0.189. The van der Waals surface area contributed by atoms with Crippen LogP contribution in [-0.2, 0) is 6.61 Å². The number of rotatable bonds is 5. The molecule has 0 fully saturated rings. The van der Waals surface area contributed by atoms with Gasteiger partial charge in [0.1, 0.15) is 34.8 Å². The van der Waals surface area contributed by atoms with Gasteiger partial charge in [0.15, 0.2) is 5.82 Å². The summed E-state index contributed by atoms with van der Waals surface area (Å²) in [5.41, 5.74) is 1.05. The first-order valence-electron chi connectivity index (χ1n) is 7.43. The smallest absolute Gasteiger partial charge is 0.224 e. The first kappa shape index (κ1) is 17.9. The molecule has 0 bridgehead atoms. The Morgan fingerprint density at radius 2 is 1.96 bits per heavy atom. The largest absolute Gasteiger partial charge is 0.487 e. The zero-order valence-corrected chi connectivity index (χ0v) is 14.7. The Hall–Kier alpha value is -2.88. The van der Waals surface area contributed by atoms with Crippen molar-refractivity contribution in [1.29, 1.82) is 5.26 Å². The van der Waals surface area contributed by atoms with Crippen LogP contribution in [0.2, 0.25) is 10.3 Å². The van der Waals surface area contributed by atoms with E-state index in [1.807, 2.05) is 0 Å². The summed E-state index contributed by atoms with van der Waals surface area (Å²) >= 11 is 11.8. The monoisotopic (exact) mass is 388 g/mol. The van der Waals surface area contributed by atoms with E-state index in [1.54, 1.807) is 36.4 Å². The fraction of sp³-hybridized carbons (Fsp3) is 0.0556. The molecule has 0 aliphatic rings. The van der Waals surface area contributed by atoms with E-state index < -0.39 is 0 Å². The first-order valence-corrected chi connectivity index (χ1v) is 8.18. The molecule has 0 saturated carbocycles. The van der Waals surface area contributed by atoms with E-state index >= 15 is 0 Å². The lowest BCUT2D eigenvalue weighted by Gasteiger charge is -2.13.